The Balaban J connectivity index is 0.000000360. The summed E-state index contributed by atoms with van der Waals surface area (Å²) in [5.74, 6) is 0.569. The number of hydrogen-bond donors (Lipinski definition) is 3. The number of anilines is 1. The molecule has 1 aromatic carbocycles. The van der Waals surface area contributed by atoms with Crippen LogP contribution in [0.4, 0.5) is 5.82 Å². The van der Waals surface area contributed by atoms with Crippen molar-refractivity contribution in [3.05, 3.63) is 53.7 Å². The largest absolute Gasteiger partial charge is 0.497 e. The fourth-order valence-corrected chi connectivity index (χ4v) is 1.52. The Hall–Kier alpha value is -3.09. The van der Waals surface area contributed by atoms with Gasteiger partial charge in [-0.3, -0.25) is 9.59 Å². The number of nitrogens with zero attached hydrogens (tertiary/aromatic N) is 1. The van der Waals surface area contributed by atoms with Crippen LogP contribution >= 0.6 is 0 Å². The molecule has 124 valence electrons. The summed E-state index contributed by atoms with van der Waals surface area (Å²) in [5, 5.41) is 0. The van der Waals surface area contributed by atoms with Crippen LogP contribution in [0, 0.1) is 0 Å². The number of primary amides is 2. The lowest BCUT2D eigenvalue weighted by molar-refractivity contribution is -0.106. The van der Waals surface area contributed by atoms with Crippen LogP contribution in [-0.4, -0.2) is 24.4 Å². The first-order valence-corrected chi connectivity index (χ1v) is 6.78. The molecule has 1 heterocycles. The zero-order valence-corrected chi connectivity index (χ0v) is 13.2. The van der Waals surface area contributed by atoms with Crippen LogP contribution in [-0.2, 0) is 11.2 Å². The van der Waals surface area contributed by atoms with Gasteiger partial charge >= 0.3 is 0 Å². The number of aromatic nitrogens is 1. The van der Waals surface area contributed by atoms with E-state index < -0.39 is 5.91 Å². The molecular formula is C16H22N4O3. The molecule has 0 unspecified atom stereocenters. The smallest absolute Gasteiger partial charge is 0.252 e. The molecule has 6 N–H and O–H groups in total. The summed E-state index contributed by atoms with van der Waals surface area (Å²) in [4.78, 5) is 22.8. The summed E-state index contributed by atoms with van der Waals surface area (Å²) in [6.45, 7) is 2.13. The van der Waals surface area contributed by atoms with Gasteiger partial charge in [-0.1, -0.05) is 19.1 Å². The third-order valence-electron chi connectivity index (χ3n) is 2.65. The Morgan fingerprint density at radius 1 is 1.30 bits per heavy atom. The Bertz CT molecular complexity index is 599. The van der Waals surface area contributed by atoms with Crippen LogP contribution in [0.3, 0.4) is 0 Å². The van der Waals surface area contributed by atoms with Crippen LogP contribution in [0.25, 0.3) is 0 Å². The number of carbonyl (C=O) groups excluding carboxylic acids is 2. The molecule has 0 radical (unpaired) electrons. The molecule has 0 spiro atoms. The lowest BCUT2D eigenvalue weighted by atomic mass is 10.2. The van der Waals surface area contributed by atoms with Crippen LogP contribution < -0.4 is 21.9 Å². The van der Waals surface area contributed by atoms with Gasteiger partial charge < -0.3 is 21.9 Å². The van der Waals surface area contributed by atoms with Gasteiger partial charge in [0.05, 0.1) is 12.7 Å². The van der Waals surface area contributed by atoms with Crippen LogP contribution in [0.15, 0.2) is 42.6 Å². The van der Waals surface area contributed by atoms with Crippen molar-refractivity contribution in [2.24, 2.45) is 11.5 Å². The van der Waals surface area contributed by atoms with Crippen molar-refractivity contribution in [3.8, 4) is 5.75 Å². The predicted molar refractivity (Wildman–Crippen MR) is 89.8 cm³/mol. The molecule has 7 nitrogen and oxygen atoms in total. The summed E-state index contributed by atoms with van der Waals surface area (Å²) in [6.07, 6.45) is 2.82. The van der Waals surface area contributed by atoms with Crippen molar-refractivity contribution < 1.29 is 14.3 Å². The van der Waals surface area contributed by atoms with Gasteiger partial charge in [0, 0.05) is 6.20 Å². The number of methoxy groups -OCH3 is 1. The van der Waals surface area contributed by atoms with E-state index in [1.807, 2.05) is 12.1 Å². The lowest BCUT2D eigenvalue weighted by Crippen LogP contribution is -2.13. The van der Waals surface area contributed by atoms with E-state index in [1.165, 1.54) is 17.8 Å². The summed E-state index contributed by atoms with van der Waals surface area (Å²) in [7, 11) is 1.69. The lowest BCUT2D eigenvalue weighted by Gasteiger charge is -2.00. The molecule has 0 aliphatic rings. The highest BCUT2D eigenvalue weighted by Crippen LogP contribution is 2.12. The summed E-state index contributed by atoms with van der Waals surface area (Å²) in [6, 6.07) is 11.3. The summed E-state index contributed by atoms with van der Waals surface area (Å²) >= 11 is 0. The van der Waals surface area contributed by atoms with E-state index >= 15 is 0 Å². The molecule has 1 aromatic heterocycles. The zero-order valence-electron chi connectivity index (χ0n) is 13.2. The number of hydrogen-bond acceptors (Lipinski definition) is 5. The van der Waals surface area contributed by atoms with Gasteiger partial charge in [-0.25, -0.2) is 4.98 Å². The van der Waals surface area contributed by atoms with Crippen LogP contribution in [0.5, 0.6) is 5.75 Å². The molecule has 0 saturated heterocycles. The summed E-state index contributed by atoms with van der Waals surface area (Å²) < 4.78 is 5.06. The van der Waals surface area contributed by atoms with Crippen molar-refractivity contribution in [3.63, 3.8) is 0 Å². The number of amides is 2. The van der Waals surface area contributed by atoms with E-state index in [4.69, 9.17) is 21.0 Å². The number of nitrogen functional groups attached to an aromatic ring is 1. The zero-order chi connectivity index (χ0) is 17.7. The first-order valence-electron chi connectivity index (χ1n) is 6.78. The fourth-order valence-electron chi connectivity index (χ4n) is 1.52. The number of benzene rings is 1. The Labute approximate surface area is 135 Å². The maximum absolute atomic E-state index is 10.5. The topological polar surface area (TPSA) is 134 Å². The Kier molecular flexibility index (Phi) is 10.0. The molecular weight excluding hydrogens is 296 g/mol. The van der Waals surface area contributed by atoms with Gasteiger partial charge in [0.1, 0.15) is 11.6 Å². The third-order valence-corrected chi connectivity index (χ3v) is 2.65. The number of ether oxygens (including phenoxy) is 1. The molecule has 0 saturated carbocycles. The minimum atomic E-state index is -0.550. The molecule has 23 heavy (non-hydrogen) atoms. The van der Waals surface area contributed by atoms with Crippen LogP contribution in [0.2, 0.25) is 0 Å². The second-order valence-corrected chi connectivity index (χ2v) is 4.14. The fraction of sp³-hybridized carbons (Fsp3) is 0.188. The van der Waals surface area contributed by atoms with Gasteiger partial charge in [-0.2, -0.15) is 0 Å². The highest BCUT2D eigenvalue weighted by atomic mass is 16.5. The predicted octanol–water partition coefficient (Wildman–Crippen LogP) is 1.12. The van der Waals surface area contributed by atoms with E-state index in [2.05, 4.69) is 29.8 Å². The molecule has 0 fully saturated rings. The number of aryl methyl sites for hydroxylation is 1. The van der Waals surface area contributed by atoms with Crippen molar-refractivity contribution in [2.45, 2.75) is 13.3 Å². The Morgan fingerprint density at radius 2 is 1.96 bits per heavy atom. The molecule has 2 amide bonds. The van der Waals surface area contributed by atoms with Crippen molar-refractivity contribution in [1.29, 1.82) is 0 Å². The second-order valence-electron chi connectivity index (χ2n) is 4.14. The van der Waals surface area contributed by atoms with Gasteiger partial charge in [-0.15, -0.1) is 0 Å². The van der Waals surface area contributed by atoms with Gasteiger partial charge in [0.15, 0.2) is 0 Å². The molecule has 7 heteroatoms. The third kappa shape index (κ3) is 8.05. The highest BCUT2D eigenvalue weighted by Gasteiger charge is 2.03. The molecule has 0 bridgehead atoms. The minimum Gasteiger partial charge on any atom is -0.497 e. The normalized spacial score (nSPS) is 8.61. The first-order chi connectivity index (χ1) is 11.0. The molecule has 0 aliphatic heterocycles. The molecule has 2 rings (SSSR count). The second kappa shape index (κ2) is 11.6. The standard InChI is InChI=1S/C9H12O.C6H7N3O.CH3NO/c1-3-8-5-4-6-9(7-8)10-2;7-5-4(6(8)10)2-1-3-9-5;2-1-3/h4-7H,3H2,1-2H3;1-3H,(H2,7,9)(H2,8,10);1H,(H2,2,3). The molecule has 0 atom stereocenters. The number of carbonyl (C=O) groups is 2. The number of nitrogens with two attached hydrogens (primary N) is 3. The Morgan fingerprint density at radius 3 is 2.39 bits per heavy atom. The first kappa shape index (κ1) is 19.9. The molecule has 2 aromatic rings. The minimum absolute atomic E-state index is 0.176. The van der Waals surface area contributed by atoms with Crippen LogP contribution in [0.1, 0.15) is 22.8 Å². The van der Waals surface area contributed by atoms with E-state index in [0.717, 1.165) is 12.2 Å². The number of pyridine rings is 1. The van der Waals surface area contributed by atoms with E-state index in [9.17, 15) is 4.79 Å². The maximum atomic E-state index is 10.5. The van der Waals surface area contributed by atoms with E-state index in [1.54, 1.807) is 13.2 Å². The highest BCUT2D eigenvalue weighted by molar-refractivity contribution is 5.96. The van der Waals surface area contributed by atoms with Gasteiger partial charge in [0.2, 0.25) is 6.41 Å². The average molecular weight is 318 g/mol. The van der Waals surface area contributed by atoms with Crippen molar-refractivity contribution >= 4 is 18.1 Å². The van der Waals surface area contributed by atoms with Gasteiger partial charge in [-0.05, 0) is 36.2 Å². The monoisotopic (exact) mass is 318 g/mol. The van der Waals surface area contributed by atoms with E-state index in [-0.39, 0.29) is 17.8 Å². The van der Waals surface area contributed by atoms with Crippen molar-refractivity contribution in [2.75, 3.05) is 12.8 Å². The van der Waals surface area contributed by atoms with Crippen molar-refractivity contribution in [1.82, 2.24) is 4.98 Å². The SMILES string of the molecule is CCc1cccc(OC)c1.NC(=O)c1cccnc1N.NC=O. The van der Waals surface area contributed by atoms with E-state index in [0.29, 0.717) is 0 Å². The quantitative estimate of drug-likeness (QED) is 0.729. The molecule has 0 aliphatic carbocycles. The average Bonchev–Trinajstić information content (AvgIpc) is 2.56. The summed E-state index contributed by atoms with van der Waals surface area (Å²) in [5.41, 5.74) is 16.0. The maximum Gasteiger partial charge on any atom is 0.252 e. The van der Waals surface area contributed by atoms with Gasteiger partial charge in [0.25, 0.3) is 5.91 Å². The number of rotatable bonds is 3.